The standard InChI is InChI=1S/C5H10O2.Sr.2H/c1-5(2,3)4(6)7;;;/h1-3H3,(H,6,7);;;/q;+2;2*-1. The second-order valence-electron chi connectivity index (χ2n) is 2.56. The first-order valence-electron chi connectivity index (χ1n) is 2.18. The molecule has 46 valence electrons. The Labute approximate surface area is 89.5 Å². The number of carbonyl (C=O) groups is 1. The smallest absolute Gasteiger partial charge is 1.00 e. The summed E-state index contributed by atoms with van der Waals surface area (Å²) in [7, 11) is 0. The van der Waals surface area contributed by atoms with Crippen LogP contribution in [0.1, 0.15) is 23.6 Å². The van der Waals surface area contributed by atoms with E-state index >= 15 is 0 Å². The van der Waals surface area contributed by atoms with Crippen LogP contribution in [0.15, 0.2) is 0 Å². The summed E-state index contributed by atoms with van der Waals surface area (Å²) in [5.41, 5.74) is -0.583. The van der Waals surface area contributed by atoms with Crippen molar-refractivity contribution in [2.75, 3.05) is 0 Å². The van der Waals surface area contributed by atoms with Gasteiger partial charge in [-0.15, -0.1) is 0 Å². The van der Waals surface area contributed by atoms with Crippen molar-refractivity contribution in [2.24, 2.45) is 5.41 Å². The molecule has 0 saturated carbocycles. The van der Waals surface area contributed by atoms with E-state index in [1.807, 2.05) is 0 Å². The minimum absolute atomic E-state index is 0. The van der Waals surface area contributed by atoms with Crippen molar-refractivity contribution in [3.8, 4) is 0 Å². The average Bonchev–Trinajstić information content (AvgIpc) is 1.31. The third-order valence-corrected chi connectivity index (χ3v) is 0.642. The Morgan fingerprint density at radius 1 is 1.50 bits per heavy atom. The molecule has 0 bridgehead atoms. The van der Waals surface area contributed by atoms with Gasteiger partial charge in [0.25, 0.3) is 0 Å². The summed E-state index contributed by atoms with van der Waals surface area (Å²) in [5.74, 6) is -0.757. The summed E-state index contributed by atoms with van der Waals surface area (Å²) in [5, 5.41) is 8.25. The summed E-state index contributed by atoms with van der Waals surface area (Å²) in [6.07, 6.45) is 0. The fourth-order valence-corrected chi connectivity index (χ4v) is 0. The van der Waals surface area contributed by atoms with Crippen LogP contribution < -0.4 is 0 Å². The van der Waals surface area contributed by atoms with Gasteiger partial charge in [0.15, 0.2) is 0 Å². The van der Waals surface area contributed by atoms with Gasteiger partial charge in [0.1, 0.15) is 0 Å². The summed E-state index contributed by atoms with van der Waals surface area (Å²) >= 11 is 0. The van der Waals surface area contributed by atoms with Crippen molar-refractivity contribution >= 4 is 51.5 Å². The molecule has 0 aliphatic rings. The molecule has 0 aliphatic carbocycles. The quantitative estimate of drug-likeness (QED) is 0.580. The maximum Gasteiger partial charge on any atom is 2.00 e. The zero-order valence-corrected chi connectivity index (χ0v) is 9.04. The van der Waals surface area contributed by atoms with Crippen LogP contribution >= 0.6 is 0 Å². The number of carboxylic acids is 1. The fraction of sp³-hybridized carbons (Fsp3) is 0.800. The van der Waals surface area contributed by atoms with Crippen LogP contribution in [0.5, 0.6) is 0 Å². The van der Waals surface area contributed by atoms with E-state index in [-0.39, 0.29) is 48.3 Å². The van der Waals surface area contributed by atoms with Gasteiger partial charge in [0.2, 0.25) is 0 Å². The number of hydrogen-bond donors (Lipinski definition) is 1. The Kier molecular flexibility index (Phi) is 5.68. The molecule has 0 spiro atoms. The molecule has 0 aromatic carbocycles. The minimum Gasteiger partial charge on any atom is -1.00 e. The summed E-state index contributed by atoms with van der Waals surface area (Å²) < 4.78 is 0. The molecule has 0 heterocycles. The number of hydrogen-bond acceptors (Lipinski definition) is 1. The third kappa shape index (κ3) is 5.09. The van der Waals surface area contributed by atoms with Crippen LogP contribution in [0, 0.1) is 5.41 Å². The van der Waals surface area contributed by atoms with Crippen molar-refractivity contribution < 1.29 is 12.8 Å². The van der Waals surface area contributed by atoms with Gasteiger partial charge in [0, 0.05) is 0 Å². The first kappa shape index (κ1) is 11.7. The Hall–Kier alpha value is 0.951. The van der Waals surface area contributed by atoms with Crippen molar-refractivity contribution in [2.45, 2.75) is 20.8 Å². The molecule has 2 nitrogen and oxygen atoms in total. The summed E-state index contributed by atoms with van der Waals surface area (Å²) in [6, 6.07) is 0. The maximum absolute atomic E-state index is 10.0. The summed E-state index contributed by atoms with van der Waals surface area (Å²) in [6.45, 7) is 4.99. The van der Waals surface area contributed by atoms with Crippen molar-refractivity contribution in [3.05, 3.63) is 0 Å². The largest absolute Gasteiger partial charge is 2.00 e. The van der Waals surface area contributed by atoms with Gasteiger partial charge in [-0.1, -0.05) is 0 Å². The zero-order valence-electron chi connectivity index (χ0n) is 7.56. The van der Waals surface area contributed by atoms with E-state index in [1.54, 1.807) is 20.8 Å². The van der Waals surface area contributed by atoms with Crippen LogP contribution in [0.4, 0.5) is 0 Å². The molecule has 1 N–H and O–H groups in total. The van der Waals surface area contributed by atoms with Crippen molar-refractivity contribution in [3.63, 3.8) is 0 Å². The van der Waals surface area contributed by atoms with E-state index in [0.29, 0.717) is 0 Å². The molecule has 0 radical (unpaired) electrons. The third-order valence-electron chi connectivity index (χ3n) is 0.642. The SMILES string of the molecule is CC(C)(C)C(=O)O.[H-].[H-].[Sr+2]. The van der Waals surface area contributed by atoms with E-state index in [9.17, 15) is 4.79 Å². The van der Waals surface area contributed by atoms with Crippen molar-refractivity contribution in [1.82, 2.24) is 0 Å². The van der Waals surface area contributed by atoms with Gasteiger partial charge >= 0.3 is 51.5 Å². The Morgan fingerprint density at radius 3 is 1.62 bits per heavy atom. The number of aliphatic carboxylic acids is 1. The van der Waals surface area contributed by atoms with E-state index in [1.165, 1.54) is 0 Å². The predicted octanol–water partition coefficient (Wildman–Crippen LogP) is 0.961. The van der Waals surface area contributed by atoms with E-state index in [4.69, 9.17) is 5.11 Å². The van der Waals surface area contributed by atoms with Crippen LogP contribution in [-0.4, -0.2) is 56.6 Å². The van der Waals surface area contributed by atoms with Gasteiger partial charge in [-0.2, -0.15) is 0 Å². The van der Waals surface area contributed by atoms with Crippen LogP contribution in [0.2, 0.25) is 0 Å². The second-order valence-corrected chi connectivity index (χ2v) is 2.56. The van der Waals surface area contributed by atoms with Gasteiger partial charge in [0.05, 0.1) is 5.41 Å². The zero-order chi connectivity index (χ0) is 6.08. The molecule has 0 amide bonds. The molecular weight excluding hydrogens is 180 g/mol. The molecule has 0 atom stereocenters. The van der Waals surface area contributed by atoms with E-state index < -0.39 is 11.4 Å². The van der Waals surface area contributed by atoms with Crippen molar-refractivity contribution in [1.29, 1.82) is 0 Å². The van der Waals surface area contributed by atoms with E-state index in [0.717, 1.165) is 0 Å². The Balaban J connectivity index is -0.0000000600. The molecule has 0 aromatic heterocycles. The van der Waals surface area contributed by atoms with Gasteiger partial charge in [-0.05, 0) is 20.8 Å². The molecule has 0 aromatic rings. The monoisotopic (exact) mass is 192 g/mol. The van der Waals surface area contributed by atoms with Gasteiger partial charge in [-0.25, -0.2) is 0 Å². The normalized spacial score (nSPS) is 9.88. The molecule has 0 saturated heterocycles. The molecule has 0 rings (SSSR count). The van der Waals surface area contributed by atoms with Gasteiger partial charge < -0.3 is 7.96 Å². The predicted molar refractivity (Wildman–Crippen MR) is 35.1 cm³/mol. The Bertz CT molecular complexity index is 90.1. The minimum atomic E-state index is -0.757. The summed E-state index contributed by atoms with van der Waals surface area (Å²) in [4.78, 5) is 10.0. The van der Waals surface area contributed by atoms with E-state index in [2.05, 4.69) is 0 Å². The van der Waals surface area contributed by atoms with Crippen LogP contribution in [0.3, 0.4) is 0 Å². The molecular formula is C5H12O2Sr. The molecule has 3 heteroatoms. The first-order chi connectivity index (χ1) is 2.94. The number of carboxylic acid groups (broad SMARTS) is 1. The topological polar surface area (TPSA) is 37.3 Å². The molecule has 8 heavy (non-hydrogen) atoms. The first-order valence-corrected chi connectivity index (χ1v) is 2.18. The average molecular weight is 192 g/mol. The van der Waals surface area contributed by atoms with Crippen LogP contribution in [-0.2, 0) is 4.79 Å². The van der Waals surface area contributed by atoms with Crippen LogP contribution in [0.25, 0.3) is 0 Å². The number of rotatable bonds is 0. The Morgan fingerprint density at radius 2 is 1.62 bits per heavy atom. The molecule has 0 aliphatic heterocycles. The fourth-order valence-electron chi connectivity index (χ4n) is 0. The molecule has 0 fully saturated rings. The maximum atomic E-state index is 10.0. The molecule has 0 unspecified atom stereocenters. The van der Waals surface area contributed by atoms with Gasteiger partial charge in [-0.3, -0.25) is 4.79 Å². The second kappa shape index (κ2) is 3.88.